The number of nitrogens with one attached hydrogen (secondary N) is 1. The molecule has 0 aliphatic carbocycles. The number of imidazole rings is 1. The molecule has 3 aromatic rings. The van der Waals surface area contributed by atoms with Crippen molar-refractivity contribution < 1.29 is 13.9 Å². The van der Waals surface area contributed by atoms with Gasteiger partial charge in [0, 0.05) is 32.3 Å². The fourth-order valence-corrected chi connectivity index (χ4v) is 4.28. The van der Waals surface area contributed by atoms with Gasteiger partial charge in [0.15, 0.2) is 0 Å². The van der Waals surface area contributed by atoms with E-state index in [0.29, 0.717) is 19.7 Å². The van der Waals surface area contributed by atoms with Crippen LogP contribution in [-0.4, -0.2) is 53.9 Å². The van der Waals surface area contributed by atoms with E-state index < -0.39 is 0 Å². The van der Waals surface area contributed by atoms with Crippen LogP contribution in [-0.2, 0) is 9.53 Å². The van der Waals surface area contributed by atoms with Crippen LogP contribution in [0.1, 0.15) is 12.8 Å². The van der Waals surface area contributed by atoms with E-state index in [4.69, 9.17) is 4.74 Å². The number of benzene rings is 1. The largest absolute Gasteiger partial charge is 0.383 e. The lowest BCUT2D eigenvalue weighted by Crippen LogP contribution is -2.43. The number of halogens is 1. The molecule has 2 aromatic heterocycles. The minimum Gasteiger partial charge on any atom is -0.383 e. The van der Waals surface area contributed by atoms with Gasteiger partial charge in [0.2, 0.25) is 16.0 Å². The Balaban J connectivity index is 1.46. The minimum absolute atomic E-state index is 0.0448. The number of carbonyl (C=O) groups excluding carboxylic acids is 1. The Bertz CT molecular complexity index is 924. The summed E-state index contributed by atoms with van der Waals surface area (Å²) < 4.78 is 19.8. The van der Waals surface area contributed by atoms with Crippen LogP contribution in [0.3, 0.4) is 0 Å². The maximum Gasteiger partial charge on any atom is 0.224 e. The standard InChI is InChI=1S/C19H22FN5O2S/c1-27-10-8-21-17(26)14-3-2-9-24(11-14)19-23-25-12-16(22-18(25)28-19)13-4-6-15(20)7-5-13/h4-7,12,14H,2-3,8-11H2,1H3,(H,21,26). The molecule has 1 saturated heterocycles. The first-order chi connectivity index (χ1) is 13.6. The molecular formula is C19H22FN5O2S. The van der Waals surface area contributed by atoms with E-state index in [1.165, 1.54) is 23.5 Å². The van der Waals surface area contributed by atoms with Gasteiger partial charge in [-0.25, -0.2) is 13.9 Å². The number of carbonyl (C=O) groups is 1. The molecule has 148 valence electrons. The zero-order valence-electron chi connectivity index (χ0n) is 15.6. The normalized spacial score (nSPS) is 17.2. The van der Waals surface area contributed by atoms with Gasteiger partial charge in [0.25, 0.3) is 0 Å². The van der Waals surface area contributed by atoms with Crippen LogP contribution in [0.25, 0.3) is 16.2 Å². The van der Waals surface area contributed by atoms with Crippen LogP contribution in [0, 0.1) is 11.7 Å². The molecule has 1 aliphatic rings. The Kier molecular flexibility index (Phi) is 5.54. The van der Waals surface area contributed by atoms with E-state index in [-0.39, 0.29) is 17.6 Å². The van der Waals surface area contributed by atoms with Crippen molar-refractivity contribution >= 4 is 27.3 Å². The maximum atomic E-state index is 13.1. The molecule has 1 aliphatic heterocycles. The van der Waals surface area contributed by atoms with E-state index in [1.807, 2.05) is 6.20 Å². The Morgan fingerprint density at radius 3 is 2.96 bits per heavy atom. The summed E-state index contributed by atoms with van der Waals surface area (Å²) >= 11 is 1.50. The number of methoxy groups -OCH3 is 1. The average Bonchev–Trinajstić information content (AvgIpc) is 3.28. The molecule has 28 heavy (non-hydrogen) atoms. The Hall–Kier alpha value is -2.52. The quantitative estimate of drug-likeness (QED) is 0.641. The SMILES string of the molecule is COCCNC(=O)C1CCCN(c2nn3cc(-c4ccc(F)cc4)nc3s2)C1. The highest BCUT2D eigenvalue weighted by Crippen LogP contribution is 2.29. The number of piperidine rings is 1. The van der Waals surface area contributed by atoms with Crippen LogP contribution in [0.2, 0.25) is 0 Å². The Morgan fingerprint density at radius 1 is 1.39 bits per heavy atom. The third-order valence-electron chi connectivity index (χ3n) is 4.84. The molecule has 4 rings (SSSR count). The molecule has 1 amide bonds. The molecular weight excluding hydrogens is 381 g/mol. The molecule has 0 bridgehead atoms. The fourth-order valence-electron chi connectivity index (χ4n) is 3.36. The summed E-state index contributed by atoms with van der Waals surface area (Å²) in [5, 5.41) is 8.43. The number of fused-ring (bicyclic) bond motifs is 1. The number of amides is 1. The lowest BCUT2D eigenvalue weighted by molar-refractivity contribution is -0.125. The van der Waals surface area contributed by atoms with Crippen molar-refractivity contribution in [3.8, 4) is 11.3 Å². The molecule has 1 fully saturated rings. The third kappa shape index (κ3) is 4.00. The number of aromatic nitrogens is 3. The summed E-state index contributed by atoms with van der Waals surface area (Å²) in [5.74, 6) is -0.241. The van der Waals surface area contributed by atoms with Crippen LogP contribution in [0.5, 0.6) is 0 Å². The maximum absolute atomic E-state index is 13.1. The first-order valence-corrected chi connectivity index (χ1v) is 10.1. The molecule has 9 heteroatoms. The van der Waals surface area contributed by atoms with Gasteiger partial charge in [-0.15, -0.1) is 5.10 Å². The molecule has 1 aromatic carbocycles. The van der Waals surface area contributed by atoms with Gasteiger partial charge in [-0.05, 0) is 37.1 Å². The monoisotopic (exact) mass is 403 g/mol. The molecule has 1 N–H and O–H groups in total. The van der Waals surface area contributed by atoms with Crippen LogP contribution >= 0.6 is 11.3 Å². The number of hydrogen-bond donors (Lipinski definition) is 1. The van der Waals surface area contributed by atoms with E-state index in [9.17, 15) is 9.18 Å². The zero-order valence-corrected chi connectivity index (χ0v) is 16.4. The molecule has 3 heterocycles. The highest BCUT2D eigenvalue weighted by atomic mass is 32.1. The van der Waals surface area contributed by atoms with Crippen molar-refractivity contribution in [3.63, 3.8) is 0 Å². The van der Waals surface area contributed by atoms with Crippen molar-refractivity contribution in [3.05, 3.63) is 36.3 Å². The highest BCUT2D eigenvalue weighted by Gasteiger charge is 2.27. The minimum atomic E-state index is -0.268. The van der Waals surface area contributed by atoms with Gasteiger partial charge >= 0.3 is 0 Å². The lowest BCUT2D eigenvalue weighted by atomic mass is 9.97. The average molecular weight is 403 g/mol. The lowest BCUT2D eigenvalue weighted by Gasteiger charge is -2.31. The van der Waals surface area contributed by atoms with Crippen LogP contribution in [0.4, 0.5) is 9.52 Å². The van der Waals surface area contributed by atoms with E-state index >= 15 is 0 Å². The predicted molar refractivity (Wildman–Crippen MR) is 106 cm³/mol. The summed E-state index contributed by atoms with van der Waals surface area (Å²) in [5.41, 5.74) is 1.62. The van der Waals surface area contributed by atoms with Gasteiger partial charge in [-0.1, -0.05) is 11.3 Å². The summed E-state index contributed by atoms with van der Waals surface area (Å²) in [4.78, 5) is 19.9. The van der Waals surface area contributed by atoms with Gasteiger partial charge in [-0.2, -0.15) is 0 Å². The summed E-state index contributed by atoms with van der Waals surface area (Å²) in [6, 6.07) is 6.26. The Labute approximate surface area is 166 Å². The molecule has 1 unspecified atom stereocenters. The van der Waals surface area contributed by atoms with Crippen molar-refractivity contribution in [1.82, 2.24) is 19.9 Å². The number of rotatable bonds is 6. The van der Waals surface area contributed by atoms with Gasteiger partial charge in [-0.3, -0.25) is 4.79 Å². The number of ether oxygens (including phenoxy) is 1. The summed E-state index contributed by atoms with van der Waals surface area (Å²) in [6.07, 6.45) is 3.68. The van der Waals surface area contributed by atoms with Crippen molar-refractivity contribution in [2.75, 3.05) is 38.3 Å². The highest BCUT2D eigenvalue weighted by molar-refractivity contribution is 7.20. The third-order valence-corrected chi connectivity index (χ3v) is 5.82. The molecule has 7 nitrogen and oxygen atoms in total. The van der Waals surface area contributed by atoms with Gasteiger partial charge in [0.1, 0.15) is 5.82 Å². The zero-order chi connectivity index (χ0) is 19.5. The molecule has 1 atom stereocenters. The van der Waals surface area contributed by atoms with Crippen molar-refractivity contribution in [1.29, 1.82) is 0 Å². The Morgan fingerprint density at radius 2 is 2.21 bits per heavy atom. The van der Waals surface area contributed by atoms with E-state index in [2.05, 4.69) is 20.3 Å². The first-order valence-electron chi connectivity index (χ1n) is 9.28. The molecule has 0 radical (unpaired) electrons. The topological polar surface area (TPSA) is 71.8 Å². The summed E-state index contributed by atoms with van der Waals surface area (Å²) in [7, 11) is 1.62. The van der Waals surface area contributed by atoms with Gasteiger partial charge in [0.05, 0.1) is 24.4 Å². The summed E-state index contributed by atoms with van der Waals surface area (Å²) in [6.45, 7) is 2.58. The number of hydrogen-bond acceptors (Lipinski definition) is 6. The van der Waals surface area contributed by atoms with Crippen LogP contribution < -0.4 is 10.2 Å². The van der Waals surface area contributed by atoms with E-state index in [1.54, 1.807) is 23.8 Å². The van der Waals surface area contributed by atoms with Crippen molar-refractivity contribution in [2.24, 2.45) is 5.92 Å². The van der Waals surface area contributed by atoms with Crippen molar-refractivity contribution in [2.45, 2.75) is 12.8 Å². The van der Waals surface area contributed by atoms with E-state index in [0.717, 1.165) is 40.7 Å². The second-order valence-corrected chi connectivity index (χ2v) is 7.75. The first kappa shape index (κ1) is 18.8. The molecule has 0 saturated carbocycles. The van der Waals surface area contributed by atoms with Gasteiger partial charge < -0.3 is 15.0 Å². The fraction of sp³-hybridized carbons (Fsp3) is 0.421. The number of nitrogens with zero attached hydrogens (tertiary/aromatic N) is 4. The second kappa shape index (κ2) is 8.24. The smallest absolute Gasteiger partial charge is 0.224 e. The number of anilines is 1. The predicted octanol–water partition coefficient (Wildman–Crippen LogP) is 2.58. The second-order valence-electron chi connectivity index (χ2n) is 6.81. The molecule has 0 spiro atoms. The van der Waals surface area contributed by atoms with Crippen LogP contribution in [0.15, 0.2) is 30.5 Å².